The second-order valence-corrected chi connectivity index (χ2v) is 6.52. The predicted molar refractivity (Wildman–Crippen MR) is 88.6 cm³/mol. The van der Waals surface area contributed by atoms with Gasteiger partial charge in [-0.2, -0.15) is 0 Å². The number of amides is 1. The van der Waals surface area contributed by atoms with E-state index in [0.29, 0.717) is 6.54 Å². The van der Waals surface area contributed by atoms with Crippen molar-refractivity contribution < 1.29 is 9.72 Å². The molecule has 0 unspecified atom stereocenters. The monoisotopic (exact) mass is 349 g/mol. The number of aromatic nitrogens is 1. The molecule has 1 saturated heterocycles. The predicted octanol–water partition coefficient (Wildman–Crippen LogP) is 3.53. The van der Waals surface area contributed by atoms with Gasteiger partial charge in [-0.1, -0.05) is 11.6 Å². The van der Waals surface area contributed by atoms with Gasteiger partial charge < -0.3 is 4.90 Å². The van der Waals surface area contributed by atoms with Gasteiger partial charge >= 0.3 is 0 Å². The fourth-order valence-corrected chi connectivity index (χ4v) is 3.88. The summed E-state index contributed by atoms with van der Waals surface area (Å²) >= 11 is 7.46. The minimum atomic E-state index is -0.585. The SMILES string of the molecule is O=C(c1ccc(Cl)c([N+](=O)[O-])c1)N1CCS[C@H]1c1ccncc1. The van der Waals surface area contributed by atoms with Crippen molar-refractivity contribution in [3.63, 3.8) is 0 Å². The van der Waals surface area contributed by atoms with Crippen LogP contribution in [0.1, 0.15) is 21.3 Å². The standard InChI is InChI=1S/C15H12ClN3O3S/c16-12-2-1-11(9-13(12)19(21)22)14(20)18-7-8-23-15(18)10-3-5-17-6-4-10/h1-6,9,15H,7-8H2/t15-/m0/s1. The van der Waals surface area contributed by atoms with E-state index in [2.05, 4.69) is 4.98 Å². The molecule has 0 N–H and O–H groups in total. The van der Waals surface area contributed by atoms with Gasteiger partial charge in [-0.25, -0.2) is 0 Å². The van der Waals surface area contributed by atoms with Gasteiger partial charge in [-0.05, 0) is 29.8 Å². The zero-order chi connectivity index (χ0) is 16.4. The molecule has 1 aliphatic heterocycles. The first-order chi connectivity index (χ1) is 11.1. The molecule has 118 valence electrons. The van der Waals surface area contributed by atoms with Gasteiger partial charge in [-0.15, -0.1) is 11.8 Å². The Morgan fingerprint density at radius 2 is 2.09 bits per heavy atom. The molecule has 0 saturated carbocycles. The van der Waals surface area contributed by atoms with Crippen LogP contribution in [0.15, 0.2) is 42.7 Å². The number of nitrogens with zero attached hydrogens (tertiary/aromatic N) is 3. The average molecular weight is 350 g/mol. The van der Waals surface area contributed by atoms with Crippen LogP contribution in [0.25, 0.3) is 0 Å². The van der Waals surface area contributed by atoms with Crippen molar-refractivity contribution in [2.45, 2.75) is 5.37 Å². The number of rotatable bonds is 3. The summed E-state index contributed by atoms with van der Waals surface area (Å²) in [5.74, 6) is 0.575. The lowest BCUT2D eigenvalue weighted by Crippen LogP contribution is -2.30. The molecule has 0 spiro atoms. The van der Waals surface area contributed by atoms with Crippen LogP contribution in [-0.2, 0) is 0 Å². The lowest BCUT2D eigenvalue weighted by atomic mass is 10.1. The summed E-state index contributed by atoms with van der Waals surface area (Å²) in [6.07, 6.45) is 3.37. The van der Waals surface area contributed by atoms with Crippen LogP contribution in [0.5, 0.6) is 0 Å². The van der Waals surface area contributed by atoms with Gasteiger partial charge in [0.1, 0.15) is 10.4 Å². The van der Waals surface area contributed by atoms with E-state index in [1.165, 1.54) is 18.2 Å². The third-order valence-corrected chi connectivity index (χ3v) is 5.11. The van der Waals surface area contributed by atoms with Crippen LogP contribution in [0.3, 0.4) is 0 Å². The summed E-state index contributed by atoms with van der Waals surface area (Å²) in [5, 5.41) is 10.9. The van der Waals surface area contributed by atoms with Gasteiger partial charge in [0.25, 0.3) is 11.6 Å². The Bertz CT molecular complexity index is 757. The first-order valence-corrected chi connectivity index (χ1v) is 8.27. The zero-order valence-electron chi connectivity index (χ0n) is 11.9. The molecule has 1 aliphatic rings. The number of hydrogen-bond donors (Lipinski definition) is 0. The second kappa shape index (κ2) is 6.55. The van der Waals surface area contributed by atoms with E-state index < -0.39 is 4.92 Å². The van der Waals surface area contributed by atoms with E-state index in [9.17, 15) is 14.9 Å². The van der Waals surface area contributed by atoms with Crippen LogP contribution >= 0.6 is 23.4 Å². The van der Waals surface area contributed by atoms with Crippen molar-refractivity contribution in [1.29, 1.82) is 0 Å². The number of halogens is 1. The molecule has 8 heteroatoms. The van der Waals surface area contributed by atoms with Crippen molar-refractivity contribution in [2.24, 2.45) is 0 Å². The fraction of sp³-hybridized carbons (Fsp3) is 0.200. The van der Waals surface area contributed by atoms with Crippen molar-refractivity contribution >= 4 is 35.0 Å². The Kier molecular flexibility index (Phi) is 4.49. The molecule has 3 rings (SSSR count). The number of benzene rings is 1. The van der Waals surface area contributed by atoms with E-state index in [0.717, 1.165) is 11.3 Å². The summed E-state index contributed by atoms with van der Waals surface area (Å²) in [4.78, 5) is 28.9. The Morgan fingerprint density at radius 3 is 2.78 bits per heavy atom. The smallest absolute Gasteiger partial charge is 0.288 e. The third kappa shape index (κ3) is 3.16. The number of carbonyl (C=O) groups excluding carboxylic acids is 1. The molecular weight excluding hydrogens is 338 g/mol. The molecule has 0 bridgehead atoms. The first kappa shape index (κ1) is 15.8. The zero-order valence-corrected chi connectivity index (χ0v) is 13.5. The molecule has 1 aromatic carbocycles. The average Bonchev–Trinajstić information content (AvgIpc) is 3.04. The van der Waals surface area contributed by atoms with Crippen molar-refractivity contribution in [1.82, 2.24) is 9.88 Å². The van der Waals surface area contributed by atoms with Crippen LogP contribution in [0.2, 0.25) is 5.02 Å². The normalized spacial score (nSPS) is 17.3. The number of carbonyl (C=O) groups is 1. The van der Waals surface area contributed by atoms with Gasteiger partial charge in [-0.3, -0.25) is 19.9 Å². The summed E-state index contributed by atoms with van der Waals surface area (Å²) in [7, 11) is 0. The molecular formula is C15H12ClN3O3S. The molecule has 1 amide bonds. The first-order valence-electron chi connectivity index (χ1n) is 6.84. The highest BCUT2D eigenvalue weighted by atomic mass is 35.5. The van der Waals surface area contributed by atoms with Crippen molar-refractivity contribution in [2.75, 3.05) is 12.3 Å². The van der Waals surface area contributed by atoms with Gasteiger partial charge in [0.05, 0.1) is 4.92 Å². The summed E-state index contributed by atoms with van der Waals surface area (Å²) in [6, 6.07) is 7.88. The second-order valence-electron chi connectivity index (χ2n) is 4.93. The number of pyridine rings is 1. The maximum Gasteiger partial charge on any atom is 0.288 e. The maximum atomic E-state index is 12.7. The number of nitro groups is 1. The highest BCUT2D eigenvalue weighted by Gasteiger charge is 2.32. The molecule has 1 atom stereocenters. The highest BCUT2D eigenvalue weighted by molar-refractivity contribution is 7.99. The summed E-state index contributed by atoms with van der Waals surface area (Å²) in [6.45, 7) is 0.590. The molecule has 0 radical (unpaired) electrons. The maximum absolute atomic E-state index is 12.7. The van der Waals surface area contributed by atoms with Crippen LogP contribution in [0, 0.1) is 10.1 Å². The lowest BCUT2D eigenvalue weighted by molar-refractivity contribution is -0.384. The Hall–Kier alpha value is -2.12. The van der Waals surface area contributed by atoms with E-state index in [1.54, 1.807) is 29.1 Å². The van der Waals surface area contributed by atoms with E-state index >= 15 is 0 Å². The van der Waals surface area contributed by atoms with Crippen LogP contribution in [0.4, 0.5) is 5.69 Å². The highest BCUT2D eigenvalue weighted by Crippen LogP contribution is 2.39. The Morgan fingerprint density at radius 1 is 1.35 bits per heavy atom. The molecule has 1 fully saturated rings. The molecule has 1 aromatic heterocycles. The summed E-state index contributed by atoms with van der Waals surface area (Å²) in [5.41, 5.74) is 0.992. The van der Waals surface area contributed by atoms with Crippen molar-refractivity contribution in [3.8, 4) is 0 Å². The lowest BCUT2D eigenvalue weighted by Gasteiger charge is -2.24. The Labute approximate surface area is 141 Å². The van der Waals surface area contributed by atoms with E-state index in [1.807, 2.05) is 12.1 Å². The largest absolute Gasteiger partial charge is 0.322 e. The summed E-state index contributed by atoms with van der Waals surface area (Å²) < 4.78 is 0. The van der Waals surface area contributed by atoms with Crippen LogP contribution < -0.4 is 0 Å². The molecule has 2 heterocycles. The number of thioether (sulfide) groups is 1. The topological polar surface area (TPSA) is 76.3 Å². The Balaban J connectivity index is 1.91. The van der Waals surface area contributed by atoms with E-state index in [-0.39, 0.29) is 27.6 Å². The minimum Gasteiger partial charge on any atom is -0.322 e. The molecule has 6 nitrogen and oxygen atoms in total. The molecule has 23 heavy (non-hydrogen) atoms. The van der Waals surface area contributed by atoms with E-state index in [4.69, 9.17) is 11.6 Å². The number of hydrogen-bond acceptors (Lipinski definition) is 5. The molecule has 0 aliphatic carbocycles. The third-order valence-electron chi connectivity index (χ3n) is 3.53. The number of nitro benzene ring substituents is 1. The van der Waals surface area contributed by atoms with Crippen LogP contribution in [-0.4, -0.2) is 33.0 Å². The fourth-order valence-electron chi connectivity index (χ4n) is 2.43. The quantitative estimate of drug-likeness (QED) is 0.625. The van der Waals surface area contributed by atoms with Crippen molar-refractivity contribution in [3.05, 3.63) is 69.0 Å². The van der Waals surface area contributed by atoms with Gasteiger partial charge in [0, 0.05) is 36.3 Å². The van der Waals surface area contributed by atoms with Gasteiger partial charge in [0.2, 0.25) is 0 Å². The van der Waals surface area contributed by atoms with Gasteiger partial charge in [0.15, 0.2) is 0 Å². The minimum absolute atomic E-state index is 0.0213. The molecule has 2 aromatic rings.